The number of hydrogen-bond donors (Lipinski definition) is 0. The minimum absolute atomic E-state index is 0.805. The maximum atomic E-state index is 6.28. The van der Waals surface area contributed by atoms with Gasteiger partial charge in [0.1, 0.15) is 14.5 Å². The van der Waals surface area contributed by atoms with Gasteiger partial charge in [-0.2, -0.15) is 11.1 Å². The van der Waals surface area contributed by atoms with Crippen molar-refractivity contribution < 1.29 is 0 Å². The summed E-state index contributed by atoms with van der Waals surface area (Å²) in [6.07, 6.45) is 0. The molecule has 0 N–H and O–H groups in total. The Morgan fingerprint density at radius 1 is 1.20 bits per heavy atom. The second kappa shape index (κ2) is 3.01. The summed E-state index contributed by atoms with van der Waals surface area (Å²) in [5.74, 6) is 0. The molecule has 0 amide bonds. The van der Waals surface area contributed by atoms with Gasteiger partial charge < -0.3 is 0 Å². The van der Waals surface area contributed by atoms with Gasteiger partial charge in [-0.3, -0.25) is 0 Å². The maximum Gasteiger partial charge on any atom is 0.147 e. The fourth-order valence-electron chi connectivity index (χ4n) is 0.323. The first-order valence-electron chi connectivity index (χ1n) is 3.23. The third kappa shape index (κ3) is 2.12. The first-order valence-corrected chi connectivity index (χ1v) is 11.6. The third-order valence-electron chi connectivity index (χ3n) is 2.16. The first kappa shape index (κ1) is 10.8. The highest BCUT2D eigenvalue weighted by molar-refractivity contribution is 7.61. The molecule has 60 valence electrons. The fraction of sp³-hybridized carbons (Fsp3) is 0.667. The minimum atomic E-state index is -1.57. The van der Waals surface area contributed by atoms with Crippen LogP contribution in [-0.2, 0) is 0 Å². The summed E-state index contributed by atoms with van der Waals surface area (Å²) in [6, 6.07) is 0. The Morgan fingerprint density at radius 3 is 1.50 bits per heavy atom. The van der Waals surface area contributed by atoms with Gasteiger partial charge in [0.15, 0.2) is 0 Å². The summed E-state index contributed by atoms with van der Waals surface area (Å²) in [5, 5.41) is 0. The van der Waals surface area contributed by atoms with Gasteiger partial charge in [-0.15, -0.1) is 0 Å². The quantitative estimate of drug-likeness (QED) is 0.486. The molecule has 0 atom stereocenters. The van der Waals surface area contributed by atoms with Gasteiger partial charge in [0, 0.05) is 0 Å². The van der Waals surface area contributed by atoms with E-state index >= 15 is 0 Å². The molecule has 10 heavy (non-hydrogen) atoms. The molecule has 0 aromatic carbocycles. The van der Waals surface area contributed by atoms with Crippen molar-refractivity contribution in [3.63, 3.8) is 0 Å². The second-order valence-corrected chi connectivity index (χ2v) is 22.4. The van der Waals surface area contributed by atoms with Crippen LogP contribution in [-0.4, -0.2) is 14.5 Å². The van der Waals surface area contributed by atoms with Crippen molar-refractivity contribution >= 4 is 37.2 Å². The zero-order valence-corrected chi connectivity index (χ0v) is 10.5. The predicted octanol–water partition coefficient (Wildman–Crippen LogP) is 3.51. The third-order valence-corrected chi connectivity index (χ3v) is 22.5. The van der Waals surface area contributed by atoms with E-state index < -0.39 is 14.5 Å². The topological polar surface area (TPSA) is 0 Å². The second-order valence-electron chi connectivity index (χ2n) is 3.50. The summed E-state index contributed by atoms with van der Waals surface area (Å²) in [5.41, 5.74) is 0. The highest BCUT2D eigenvalue weighted by Crippen LogP contribution is 2.30. The van der Waals surface area contributed by atoms with Crippen LogP contribution in [0.4, 0.5) is 0 Å². The maximum absolute atomic E-state index is 6.28. The minimum Gasteiger partial charge on any atom is -0.171 e. The zero-order valence-electron chi connectivity index (χ0n) is 6.96. The Labute approximate surface area is 74.7 Å². The smallest absolute Gasteiger partial charge is 0.147 e. The molecule has 0 unspecified atom stereocenters. The Bertz CT molecular complexity index is 146. The largest absolute Gasteiger partial charge is 0.171 e. The van der Waals surface area contributed by atoms with Crippen molar-refractivity contribution in [2.75, 3.05) is 0 Å². The Kier molecular flexibility index (Phi) is 3.24. The highest BCUT2D eigenvalue weighted by Gasteiger charge is 2.41. The number of rotatable bonds is 2. The molecular weight excluding hydrogens is 199 g/mol. The normalized spacial score (nSPS) is 13.4. The van der Waals surface area contributed by atoms with Crippen LogP contribution in [0, 0.1) is 0 Å². The molecular formula is C6H14Cl2Si2. The van der Waals surface area contributed by atoms with Crippen LogP contribution in [0.25, 0.3) is 0 Å². The van der Waals surface area contributed by atoms with Crippen molar-refractivity contribution in [3.05, 3.63) is 11.2 Å². The Hall–Kier alpha value is 0.754. The Balaban J connectivity index is 4.57. The van der Waals surface area contributed by atoms with Crippen LogP contribution in [0.5, 0.6) is 0 Å². The lowest BCUT2D eigenvalue weighted by atomic mass is 11.2. The standard InChI is InChI=1S/C6H14Cl2Si2/c1-6(7)9(2,3)10(4,5)8/h1H2,2-5H3. The molecule has 0 nitrogen and oxygen atoms in total. The Morgan fingerprint density at radius 2 is 1.50 bits per heavy atom. The van der Waals surface area contributed by atoms with Gasteiger partial charge in [0.25, 0.3) is 0 Å². The van der Waals surface area contributed by atoms with Gasteiger partial charge in [0.2, 0.25) is 0 Å². The average Bonchev–Trinajstić information content (AvgIpc) is 1.62. The van der Waals surface area contributed by atoms with Gasteiger partial charge >= 0.3 is 0 Å². The van der Waals surface area contributed by atoms with Gasteiger partial charge in [-0.05, 0) is 4.66 Å². The van der Waals surface area contributed by atoms with Crippen LogP contribution in [0.1, 0.15) is 0 Å². The van der Waals surface area contributed by atoms with Crippen LogP contribution in [0.3, 0.4) is 0 Å². The molecule has 0 fully saturated rings. The van der Waals surface area contributed by atoms with Crippen molar-refractivity contribution in [3.8, 4) is 0 Å². The van der Waals surface area contributed by atoms with Crippen molar-refractivity contribution in [1.29, 1.82) is 0 Å². The summed E-state index contributed by atoms with van der Waals surface area (Å²) < 4.78 is 0.805. The van der Waals surface area contributed by atoms with Crippen molar-refractivity contribution in [2.45, 2.75) is 26.2 Å². The van der Waals surface area contributed by atoms with Gasteiger partial charge in [0.05, 0.1) is 0 Å². The van der Waals surface area contributed by atoms with Crippen LogP contribution in [0.2, 0.25) is 26.2 Å². The van der Waals surface area contributed by atoms with Crippen LogP contribution in [0.15, 0.2) is 11.2 Å². The van der Waals surface area contributed by atoms with E-state index in [-0.39, 0.29) is 0 Å². The SMILES string of the molecule is C=C(Cl)[Si](C)(C)[Si](C)(C)Cl. The molecule has 0 rings (SSSR count). The molecule has 0 aromatic heterocycles. The lowest BCUT2D eigenvalue weighted by molar-refractivity contribution is 1.83. The average molecular weight is 213 g/mol. The van der Waals surface area contributed by atoms with E-state index in [1.807, 2.05) is 0 Å². The molecule has 0 heterocycles. The number of hydrogen-bond acceptors (Lipinski definition) is 0. The van der Waals surface area contributed by atoms with Crippen molar-refractivity contribution in [1.82, 2.24) is 0 Å². The molecule has 0 aliphatic rings. The molecule has 0 aliphatic carbocycles. The molecule has 0 aromatic rings. The van der Waals surface area contributed by atoms with Crippen LogP contribution >= 0.6 is 22.7 Å². The predicted molar refractivity (Wildman–Crippen MR) is 55.8 cm³/mol. The molecule has 4 heteroatoms. The van der Waals surface area contributed by atoms with E-state index in [2.05, 4.69) is 32.8 Å². The molecule has 0 spiro atoms. The monoisotopic (exact) mass is 212 g/mol. The van der Waals surface area contributed by atoms with Crippen LogP contribution < -0.4 is 0 Å². The first-order chi connectivity index (χ1) is 4.19. The van der Waals surface area contributed by atoms with Gasteiger partial charge in [-0.1, -0.05) is 44.4 Å². The van der Waals surface area contributed by atoms with Crippen molar-refractivity contribution in [2.24, 2.45) is 0 Å². The molecule has 0 aliphatic heterocycles. The summed E-state index contributed by atoms with van der Waals surface area (Å²) in [7, 11) is -1.51. The summed E-state index contributed by atoms with van der Waals surface area (Å²) in [6.45, 7) is 10.8. The summed E-state index contributed by atoms with van der Waals surface area (Å²) in [4.78, 5) is 0. The molecule has 0 saturated carbocycles. The summed E-state index contributed by atoms with van der Waals surface area (Å²) >= 11 is 12.1. The van der Waals surface area contributed by atoms with E-state index in [1.165, 1.54) is 0 Å². The van der Waals surface area contributed by atoms with E-state index in [0.29, 0.717) is 0 Å². The van der Waals surface area contributed by atoms with E-state index in [1.54, 1.807) is 0 Å². The van der Waals surface area contributed by atoms with Gasteiger partial charge in [-0.25, -0.2) is 0 Å². The molecule has 0 radical (unpaired) electrons. The zero-order chi connectivity index (χ0) is 8.58. The van der Waals surface area contributed by atoms with E-state index in [4.69, 9.17) is 22.7 Å². The molecule has 0 saturated heterocycles. The van der Waals surface area contributed by atoms with E-state index in [0.717, 1.165) is 4.66 Å². The lowest BCUT2D eigenvalue weighted by Gasteiger charge is -2.31. The highest BCUT2D eigenvalue weighted by atomic mass is 35.6. The lowest BCUT2D eigenvalue weighted by Crippen LogP contribution is -2.51. The number of halogens is 2. The fourth-order valence-corrected chi connectivity index (χ4v) is 6.49. The molecule has 0 bridgehead atoms. The van der Waals surface area contributed by atoms with E-state index in [9.17, 15) is 0 Å².